The van der Waals surface area contributed by atoms with Crippen LogP contribution >= 0.6 is 23.1 Å². The monoisotopic (exact) mass is 399 g/mol. The molecular weight excluding hydrogens is 378 g/mol. The van der Waals surface area contributed by atoms with Gasteiger partial charge in [-0.25, -0.2) is 4.98 Å². The van der Waals surface area contributed by atoms with Gasteiger partial charge in [0.1, 0.15) is 4.83 Å². The first-order valence-electron chi connectivity index (χ1n) is 9.16. The van der Waals surface area contributed by atoms with E-state index in [0.717, 1.165) is 31.6 Å². The molecule has 7 heteroatoms. The number of aromatic nitrogens is 2. The third-order valence-electron chi connectivity index (χ3n) is 4.78. The predicted molar refractivity (Wildman–Crippen MR) is 111 cm³/mol. The van der Waals surface area contributed by atoms with Gasteiger partial charge in [0, 0.05) is 13.1 Å². The van der Waals surface area contributed by atoms with E-state index in [0.29, 0.717) is 15.4 Å². The summed E-state index contributed by atoms with van der Waals surface area (Å²) >= 11 is 2.82. The Kier molecular flexibility index (Phi) is 5.31. The molecule has 3 aromatic rings. The van der Waals surface area contributed by atoms with Gasteiger partial charge in [-0.05, 0) is 49.8 Å². The fourth-order valence-electron chi connectivity index (χ4n) is 3.36. The van der Waals surface area contributed by atoms with Gasteiger partial charge in [-0.15, -0.1) is 11.3 Å². The number of benzene rings is 1. The fraction of sp³-hybridized carbons (Fsp3) is 0.350. The molecule has 3 heterocycles. The number of hydrogen-bond donors (Lipinski definition) is 0. The average Bonchev–Trinajstić information content (AvgIpc) is 3.18. The molecule has 0 radical (unpaired) electrons. The van der Waals surface area contributed by atoms with E-state index in [4.69, 9.17) is 4.98 Å². The average molecular weight is 400 g/mol. The fourth-order valence-corrected chi connectivity index (χ4v) is 5.17. The summed E-state index contributed by atoms with van der Waals surface area (Å²) in [6, 6.07) is 11.3. The Labute approximate surface area is 166 Å². The molecule has 0 bridgehead atoms. The summed E-state index contributed by atoms with van der Waals surface area (Å²) in [6.45, 7) is 3.56. The molecule has 0 aliphatic carbocycles. The number of likely N-dealkylation sites (tertiary alicyclic amines) is 1. The molecule has 140 valence electrons. The minimum atomic E-state index is -0.289. The Bertz CT molecular complexity index is 1010. The van der Waals surface area contributed by atoms with Gasteiger partial charge in [0.2, 0.25) is 5.91 Å². The molecule has 1 aliphatic rings. The van der Waals surface area contributed by atoms with E-state index in [2.05, 4.69) is 0 Å². The number of fused-ring (bicyclic) bond motifs is 1. The number of nitrogens with zero attached hydrogens (tertiary/aromatic N) is 3. The smallest absolute Gasteiger partial charge is 0.267 e. The van der Waals surface area contributed by atoms with Crippen molar-refractivity contribution in [3.63, 3.8) is 0 Å². The molecular formula is C20H21N3O2S2. The van der Waals surface area contributed by atoms with Gasteiger partial charge in [0.25, 0.3) is 5.56 Å². The van der Waals surface area contributed by atoms with E-state index in [9.17, 15) is 9.59 Å². The van der Waals surface area contributed by atoms with E-state index >= 15 is 0 Å². The molecule has 2 aromatic heterocycles. The van der Waals surface area contributed by atoms with Gasteiger partial charge < -0.3 is 4.90 Å². The second-order valence-electron chi connectivity index (χ2n) is 6.66. The summed E-state index contributed by atoms with van der Waals surface area (Å²) in [5, 5.41) is 2.77. The highest BCUT2D eigenvalue weighted by atomic mass is 32.2. The molecule has 27 heavy (non-hydrogen) atoms. The number of amides is 1. The molecule has 1 fully saturated rings. The zero-order chi connectivity index (χ0) is 18.8. The van der Waals surface area contributed by atoms with Crippen molar-refractivity contribution in [2.24, 2.45) is 0 Å². The predicted octanol–water partition coefficient (Wildman–Crippen LogP) is 3.94. The third-order valence-corrected chi connectivity index (χ3v) is 6.63. The number of carbonyl (C=O) groups is 1. The second-order valence-corrected chi connectivity index (χ2v) is 8.86. The van der Waals surface area contributed by atoms with Crippen LogP contribution in [0.2, 0.25) is 0 Å². The minimum absolute atomic E-state index is 0.0902. The van der Waals surface area contributed by atoms with Gasteiger partial charge in [-0.1, -0.05) is 30.0 Å². The maximum Gasteiger partial charge on any atom is 0.267 e. The van der Waals surface area contributed by atoms with Crippen molar-refractivity contribution in [1.82, 2.24) is 14.5 Å². The normalized spacial score (nSPS) is 15.8. The highest BCUT2D eigenvalue weighted by Gasteiger charge is 2.25. The summed E-state index contributed by atoms with van der Waals surface area (Å²) in [5.74, 6) is 0.125. The maximum absolute atomic E-state index is 13.1. The van der Waals surface area contributed by atoms with Crippen LogP contribution in [-0.2, 0) is 4.79 Å². The summed E-state index contributed by atoms with van der Waals surface area (Å²) in [4.78, 5) is 33.3. The molecule has 1 atom stereocenters. The Hall–Kier alpha value is -2.12. The lowest BCUT2D eigenvalue weighted by Gasteiger charge is -2.29. The molecule has 1 unspecified atom stereocenters. The van der Waals surface area contributed by atoms with Crippen LogP contribution in [0.5, 0.6) is 0 Å². The van der Waals surface area contributed by atoms with Crippen LogP contribution in [0.25, 0.3) is 15.9 Å². The van der Waals surface area contributed by atoms with E-state index < -0.39 is 0 Å². The molecule has 4 rings (SSSR count). The molecule has 1 aromatic carbocycles. The Morgan fingerprint density at radius 2 is 1.89 bits per heavy atom. The number of thiophene rings is 1. The van der Waals surface area contributed by atoms with Crippen LogP contribution in [0.3, 0.4) is 0 Å². The minimum Gasteiger partial charge on any atom is -0.342 e. The van der Waals surface area contributed by atoms with E-state index in [1.807, 2.05) is 53.6 Å². The van der Waals surface area contributed by atoms with E-state index in [1.165, 1.54) is 29.5 Å². The Morgan fingerprint density at radius 3 is 2.63 bits per heavy atom. The highest BCUT2D eigenvalue weighted by Crippen LogP contribution is 2.28. The van der Waals surface area contributed by atoms with Gasteiger partial charge >= 0.3 is 0 Å². The van der Waals surface area contributed by atoms with E-state index in [1.54, 1.807) is 4.57 Å². The lowest BCUT2D eigenvalue weighted by atomic mass is 10.1. The van der Waals surface area contributed by atoms with Crippen LogP contribution < -0.4 is 5.56 Å². The number of para-hydroxylation sites is 1. The molecule has 5 nitrogen and oxygen atoms in total. The van der Waals surface area contributed by atoms with Crippen LogP contribution in [0.1, 0.15) is 26.2 Å². The first kappa shape index (κ1) is 18.3. The van der Waals surface area contributed by atoms with Crippen LogP contribution in [0, 0.1) is 0 Å². The van der Waals surface area contributed by atoms with Crippen molar-refractivity contribution >= 4 is 39.2 Å². The van der Waals surface area contributed by atoms with Crippen molar-refractivity contribution < 1.29 is 4.79 Å². The van der Waals surface area contributed by atoms with Crippen LogP contribution in [-0.4, -0.2) is 38.7 Å². The highest BCUT2D eigenvalue weighted by molar-refractivity contribution is 8.00. The van der Waals surface area contributed by atoms with Gasteiger partial charge in [0.15, 0.2) is 5.16 Å². The number of thioether (sulfide) groups is 1. The maximum atomic E-state index is 13.1. The SMILES string of the molecule is CC(Sc1nc2sccc2c(=O)n1-c1ccccc1)C(=O)N1CCCCC1. The molecule has 0 N–H and O–H groups in total. The van der Waals surface area contributed by atoms with Gasteiger partial charge in [0.05, 0.1) is 16.3 Å². The van der Waals surface area contributed by atoms with Crippen molar-refractivity contribution in [2.45, 2.75) is 36.6 Å². The first-order valence-corrected chi connectivity index (χ1v) is 10.9. The topological polar surface area (TPSA) is 55.2 Å². The lowest BCUT2D eigenvalue weighted by Crippen LogP contribution is -2.40. The van der Waals surface area contributed by atoms with Gasteiger partial charge in [-0.2, -0.15) is 0 Å². The Morgan fingerprint density at radius 1 is 1.15 bits per heavy atom. The first-order chi connectivity index (χ1) is 13.1. The summed E-state index contributed by atoms with van der Waals surface area (Å²) < 4.78 is 1.62. The number of carbonyl (C=O) groups excluding carboxylic acids is 1. The molecule has 0 spiro atoms. The van der Waals surface area contributed by atoms with Crippen LogP contribution in [0.4, 0.5) is 0 Å². The zero-order valence-electron chi connectivity index (χ0n) is 15.1. The quantitative estimate of drug-likeness (QED) is 0.493. The van der Waals surface area contributed by atoms with Crippen molar-refractivity contribution in [2.75, 3.05) is 13.1 Å². The number of piperidine rings is 1. The van der Waals surface area contributed by atoms with Crippen molar-refractivity contribution in [3.05, 3.63) is 52.1 Å². The molecule has 1 amide bonds. The lowest BCUT2D eigenvalue weighted by molar-refractivity contribution is -0.131. The van der Waals surface area contributed by atoms with Crippen LogP contribution in [0.15, 0.2) is 51.7 Å². The standard InChI is InChI=1S/C20H21N3O2S2/c1-14(18(24)22-11-6-3-7-12-22)27-20-21-17-16(10-13-26-17)19(25)23(20)15-8-4-2-5-9-15/h2,4-5,8-10,13-14H,3,6-7,11-12H2,1H3. The molecule has 1 aliphatic heterocycles. The number of rotatable bonds is 4. The summed E-state index contributed by atoms with van der Waals surface area (Å²) in [6.07, 6.45) is 3.32. The Balaban J connectivity index is 1.72. The zero-order valence-corrected chi connectivity index (χ0v) is 16.8. The third kappa shape index (κ3) is 3.66. The van der Waals surface area contributed by atoms with Gasteiger partial charge in [-0.3, -0.25) is 14.2 Å². The summed E-state index contributed by atoms with van der Waals surface area (Å²) in [5.41, 5.74) is 0.677. The van der Waals surface area contributed by atoms with Crippen molar-refractivity contribution in [3.8, 4) is 5.69 Å². The van der Waals surface area contributed by atoms with Crippen molar-refractivity contribution in [1.29, 1.82) is 0 Å². The summed E-state index contributed by atoms with van der Waals surface area (Å²) in [7, 11) is 0. The molecule has 1 saturated heterocycles. The largest absolute Gasteiger partial charge is 0.342 e. The molecule has 0 saturated carbocycles. The second kappa shape index (κ2) is 7.86. The van der Waals surface area contributed by atoms with E-state index in [-0.39, 0.29) is 16.7 Å². The number of hydrogen-bond acceptors (Lipinski definition) is 5.